The summed E-state index contributed by atoms with van der Waals surface area (Å²) in [5.41, 5.74) is 0.334. The van der Waals surface area contributed by atoms with Gasteiger partial charge in [-0.25, -0.2) is 14.4 Å². The SMILES string of the molecule is CC(C)=C(C(=O)[C@](N)(CCC(=O)O)C(=O)O)N(C(=O)OC(C)(C)C)C(=O)OC(C)(C)C. The highest BCUT2D eigenvalue weighted by Gasteiger charge is 2.48. The van der Waals surface area contributed by atoms with E-state index in [0.717, 1.165) is 0 Å². The third-order valence-electron chi connectivity index (χ3n) is 3.58. The van der Waals surface area contributed by atoms with Gasteiger partial charge in [-0.1, -0.05) is 0 Å². The van der Waals surface area contributed by atoms with Crippen molar-refractivity contribution >= 4 is 29.9 Å². The van der Waals surface area contributed by atoms with Crippen LogP contribution in [0.5, 0.6) is 0 Å². The first-order chi connectivity index (χ1) is 13.7. The number of carboxylic acid groups (broad SMARTS) is 2. The maximum absolute atomic E-state index is 13.2. The molecule has 0 fully saturated rings. The van der Waals surface area contributed by atoms with E-state index < -0.39 is 65.2 Å². The zero-order valence-corrected chi connectivity index (χ0v) is 19.2. The van der Waals surface area contributed by atoms with E-state index in [1.807, 2.05) is 0 Å². The van der Waals surface area contributed by atoms with Crippen LogP contribution in [-0.4, -0.2) is 61.8 Å². The fourth-order valence-corrected chi connectivity index (χ4v) is 2.26. The number of rotatable bonds is 7. The first kappa shape index (κ1) is 28.1. The molecule has 0 rings (SSSR count). The van der Waals surface area contributed by atoms with Crippen LogP contribution >= 0.6 is 0 Å². The van der Waals surface area contributed by atoms with Gasteiger partial charge in [-0.05, 0) is 67.4 Å². The second kappa shape index (κ2) is 9.90. The van der Waals surface area contributed by atoms with E-state index in [2.05, 4.69) is 0 Å². The number of aliphatic carboxylic acids is 2. The van der Waals surface area contributed by atoms with Crippen molar-refractivity contribution in [2.24, 2.45) is 5.73 Å². The summed E-state index contributed by atoms with van der Waals surface area (Å²) in [6.07, 6.45) is -4.07. The molecule has 1 atom stereocenters. The van der Waals surface area contributed by atoms with Gasteiger partial charge in [-0.2, -0.15) is 4.90 Å². The molecule has 0 saturated carbocycles. The minimum atomic E-state index is -2.72. The van der Waals surface area contributed by atoms with E-state index in [4.69, 9.17) is 20.3 Å². The molecule has 4 N–H and O–H groups in total. The number of carbonyl (C=O) groups is 5. The second-order valence-electron chi connectivity index (χ2n) is 9.14. The highest BCUT2D eigenvalue weighted by atomic mass is 16.6. The van der Waals surface area contributed by atoms with E-state index >= 15 is 0 Å². The first-order valence-corrected chi connectivity index (χ1v) is 9.45. The third kappa shape index (κ3) is 8.36. The molecule has 31 heavy (non-hydrogen) atoms. The average molecular weight is 444 g/mol. The monoisotopic (exact) mass is 444 g/mol. The normalized spacial score (nSPS) is 13.5. The zero-order chi connectivity index (χ0) is 24.9. The van der Waals surface area contributed by atoms with Crippen molar-refractivity contribution in [3.8, 4) is 0 Å². The van der Waals surface area contributed by atoms with E-state index in [1.165, 1.54) is 55.4 Å². The van der Waals surface area contributed by atoms with Crippen LogP contribution in [-0.2, 0) is 23.9 Å². The maximum Gasteiger partial charge on any atom is 0.424 e. The lowest BCUT2D eigenvalue weighted by Crippen LogP contribution is -2.58. The van der Waals surface area contributed by atoms with Crippen LogP contribution in [0.25, 0.3) is 0 Å². The van der Waals surface area contributed by atoms with Gasteiger partial charge >= 0.3 is 24.1 Å². The Morgan fingerprint density at radius 1 is 0.839 bits per heavy atom. The van der Waals surface area contributed by atoms with E-state index in [1.54, 1.807) is 0 Å². The summed E-state index contributed by atoms with van der Waals surface area (Å²) in [6.45, 7) is 11.9. The number of carboxylic acids is 2. The molecular formula is C20H32N2O9. The smallest absolute Gasteiger partial charge is 0.424 e. The van der Waals surface area contributed by atoms with Gasteiger partial charge in [0.1, 0.15) is 16.9 Å². The quantitative estimate of drug-likeness (QED) is 0.391. The van der Waals surface area contributed by atoms with Crippen molar-refractivity contribution in [1.29, 1.82) is 0 Å². The number of hydrogen-bond donors (Lipinski definition) is 3. The number of allylic oxidation sites excluding steroid dienone is 1. The van der Waals surface area contributed by atoms with Crippen LogP contribution in [0.15, 0.2) is 11.3 Å². The van der Waals surface area contributed by atoms with Gasteiger partial charge in [0.2, 0.25) is 5.78 Å². The number of carbonyl (C=O) groups excluding carboxylic acids is 3. The zero-order valence-electron chi connectivity index (χ0n) is 19.2. The molecule has 0 spiro atoms. The predicted octanol–water partition coefficient (Wildman–Crippen LogP) is 2.67. The Labute approximate surface area is 181 Å². The van der Waals surface area contributed by atoms with E-state index in [-0.39, 0.29) is 5.57 Å². The highest BCUT2D eigenvalue weighted by molar-refractivity contribution is 6.18. The second-order valence-corrected chi connectivity index (χ2v) is 9.14. The lowest BCUT2D eigenvalue weighted by atomic mass is 9.86. The van der Waals surface area contributed by atoms with Gasteiger partial charge < -0.3 is 25.4 Å². The van der Waals surface area contributed by atoms with Crippen molar-refractivity contribution in [3.05, 3.63) is 11.3 Å². The minimum absolute atomic E-state index is 0.0631. The summed E-state index contributed by atoms with van der Waals surface area (Å²) in [7, 11) is 0. The standard InChI is InChI=1S/C20H32N2O9/c1-11(2)13(14(25)20(21,15(26)27)10-9-12(23)24)22(16(28)30-18(3,4)5)17(29)31-19(6,7)8/h9-10,21H2,1-8H3,(H,23,24)(H,26,27)/t20-/m1/s1. The molecule has 0 bridgehead atoms. The minimum Gasteiger partial charge on any atom is -0.481 e. The summed E-state index contributed by atoms with van der Waals surface area (Å²) in [6, 6.07) is 0. The molecule has 0 aromatic carbocycles. The lowest BCUT2D eigenvalue weighted by molar-refractivity contribution is -0.148. The van der Waals surface area contributed by atoms with Crippen LogP contribution in [0.2, 0.25) is 0 Å². The largest absolute Gasteiger partial charge is 0.481 e. The third-order valence-corrected chi connectivity index (χ3v) is 3.58. The summed E-state index contributed by atoms with van der Waals surface area (Å²) >= 11 is 0. The Morgan fingerprint density at radius 3 is 1.48 bits per heavy atom. The first-order valence-electron chi connectivity index (χ1n) is 9.45. The Morgan fingerprint density at radius 2 is 1.23 bits per heavy atom. The number of amides is 2. The molecule has 0 aliphatic rings. The van der Waals surface area contributed by atoms with Gasteiger partial charge in [-0.15, -0.1) is 0 Å². The van der Waals surface area contributed by atoms with Crippen LogP contribution in [0.1, 0.15) is 68.2 Å². The predicted molar refractivity (Wildman–Crippen MR) is 109 cm³/mol. The molecule has 0 heterocycles. The molecule has 0 aliphatic carbocycles. The molecule has 11 heteroatoms. The number of hydrogen-bond acceptors (Lipinski definition) is 8. The number of ether oxygens (including phenoxy) is 2. The number of nitrogens with zero attached hydrogens (tertiary/aromatic N) is 1. The van der Waals surface area contributed by atoms with Gasteiger partial charge in [0.05, 0.1) is 0 Å². The fraction of sp³-hybridized carbons (Fsp3) is 0.650. The van der Waals surface area contributed by atoms with Crippen molar-refractivity contribution < 1.29 is 43.7 Å². The van der Waals surface area contributed by atoms with Crippen molar-refractivity contribution in [3.63, 3.8) is 0 Å². The van der Waals surface area contributed by atoms with Crippen LogP contribution in [0.4, 0.5) is 9.59 Å². The topological polar surface area (TPSA) is 174 Å². The molecule has 0 aromatic heterocycles. The summed E-state index contributed by atoms with van der Waals surface area (Å²) in [5, 5.41) is 18.5. The van der Waals surface area contributed by atoms with Gasteiger partial charge in [-0.3, -0.25) is 9.59 Å². The molecule has 0 saturated heterocycles. The Bertz CT molecular complexity index is 755. The van der Waals surface area contributed by atoms with Gasteiger partial charge in [0.25, 0.3) is 0 Å². The molecule has 0 radical (unpaired) electrons. The molecule has 0 aliphatic heterocycles. The average Bonchev–Trinajstić information content (AvgIpc) is 2.52. The highest BCUT2D eigenvalue weighted by Crippen LogP contribution is 2.26. The Hall–Kier alpha value is -2.95. The summed E-state index contributed by atoms with van der Waals surface area (Å²) in [5.74, 6) is -4.53. The molecule has 2 amide bonds. The summed E-state index contributed by atoms with van der Waals surface area (Å²) in [4.78, 5) is 61.9. The van der Waals surface area contributed by atoms with Gasteiger partial charge in [0, 0.05) is 6.42 Å². The Balaban J connectivity index is 6.61. The van der Waals surface area contributed by atoms with Crippen LogP contribution in [0.3, 0.4) is 0 Å². The molecule has 0 aromatic rings. The van der Waals surface area contributed by atoms with Crippen LogP contribution in [0, 0.1) is 0 Å². The maximum atomic E-state index is 13.2. The summed E-state index contributed by atoms with van der Waals surface area (Å²) < 4.78 is 10.4. The van der Waals surface area contributed by atoms with Crippen molar-refractivity contribution in [1.82, 2.24) is 4.90 Å². The molecule has 176 valence electrons. The van der Waals surface area contributed by atoms with Crippen LogP contribution < -0.4 is 5.73 Å². The number of nitrogens with two attached hydrogens (primary N) is 1. The van der Waals surface area contributed by atoms with E-state index in [0.29, 0.717) is 4.90 Å². The lowest BCUT2D eigenvalue weighted by Gasteiger charge is -2.32. The van der Waals surface area contributed by atoms with E-state index in [9.17, 15) is 29.1 Å². The van der Waals surface area contributed by atoms with Crippen molar-refractivity contribution in [2.45, 2.75) is 85.0 Å². The number of ketones is 1. The number of Topliss-reactive ketones (excluding diaryl/α,β-unsaturated/α-hetero) is 1. The van der Waals surface area contributed by atoms with Crippen molar-refractivity contribution in [2.75, 3.05) is 0 Å². The molecule has 0 unspecified atom stereocenters. The van der Waals surface area contributed by atoms with Gasteiger partial charge in [0.15, 0.2) is 5.54 Å². The number of imide groups is 1. The fourth-order valence-electron chi connectivity index (χ4n) is 2.26. The molecule has 11 nitrogen and oxygen atoms in total. The molecular weight excluding hydrogens is 412 g/mol. The Kier molecular flexibility index (Phi) is 8.96.